The maximum absolute atomic E-state index is 5.64. The Kier molecular flexibility index (Phi) is 2.07. The lowest BCUT2D eigenvalue weighted by Crippen LogP contribution is -2.35. The first kappa shape index (κ1) is 10.2. The zero-order valence-electron chi connectivity index (χ0n) is 10.5. The lowest BCUT2D eigenvalue weighted by atomic mass is 9.60. The molecular weight excluding hydrogens is 196 g/mol. The van der Waals surface area contributed by atoms with Crippen molar-refractivity contribution >= 4 is 6.08 Å². The van der Waals surface area contributed by atoms with Gasteiger partial charge in [0.05, 0.1) is 6.26 Å². The van der Waals surface area contributed by atoms with Crippen molar-refractivity contribution in [3.63, 3.8) is 0 Å². The lowest BCUT2D eigenvalue weighted by molar-refractivity contribution is 0.197. The van der Waals surface area contributed by atoms with E-state index in [4.69, 9.17) is 4.42 Å². The number of fused-ring (bicyclic) bond motifs is 2. The van der Waals surface area contributed by atoms with E-state index < -0.39 is 0 Å². The third kappa shape index (κ3) is 1.24. The minimum absolute atomic E-state index is 0.389. The van der Waals surface area contributed by atoms with Crippen LogP contribution in [0, 0.1) is 18.3 Å². The zero-order chi connectivity index (χ0) is 11.3. The number of furan rings is 1. The third-order valence-corrected chi connectivity index (χ3v) is 4.89. The summed E-state index contributed by atoms with van der Waals surface area (Å²) in [4.78, 5) is 0. The monoisotopic (exact) mass is 216 g/mol. The summed E-state index contributed by atoms with van der Waals surface area (Å²) in [6, 6.07) is 0. The molecule has 0 saturated heterocycles. The highest BCUT2D eigenvalue weighted by Crippen LogP contribution is 2.51. The summed E-state index contributed by atoms with van der Waals surface area (Å²) in [6.07, 6.45) is 9.39. The van der Waals surface area contributed by atoms with Gasteiger partial charge < -0.3 is 4.42 Å². The second kappa shape index (κ2) is 3.26. The fraction of sp³-hybridized carbons (Fsp3) is 0.600. The van der Waals surface area contributed by atoms with E-state index in [1.165, 1.54) is 36.8 Å². The number of allylic oxidation sites excluding steroid dienone is 1. The van der Waals surface area contributed by atoms with Gasteiger partial charge >= 0.3 is 0 Å². The predicted molar refractivity (Wildman–Crippen MR) is 66.2 cm³/mol. The molecule has 1 aromatic heterocycles. The topological polar surface area (TPSA) is 13.1 Å². The Labute approximate surface area is 97.5 Å². The van der Waals surface area contributed by atoms with E-state index in [0.29, 0.717) is 5.41 Å². The highest BCUT2D eigenvalue weighted by Gasteiger charge is 2.41. The molecule has 2 atom stereocenters. The molecule has 2 unspecified atom stereocenters. The summed E-state index contributed by atoms with van der Waals surface area (Å²) in [6.45, 7) is 7.02. The Morgan fingerprint density at radius 3 is 3.06 bits per heavy atom. The van der Waals surface area contributed by atoms with Crippen molar-refractivity contribution < 1.29 is 4.42 Å². The molecule has 0 aromatic carbocycles. The molecule has 0 aliphatic heterocycles. The Balaban J connectivity index is 2.12. The molecule has 0 N–H and O–H groups in total. The van der Waals surface area contributed by atoms with Crippen molar-refractivity contribution in [1.82, 2.24) is 0 Å². The normalized spacial score (nSPS) is 32.9. The molecule has 0 amide bonds. The minimum Gasteiger partial charge on any atom is -0.464 e. The van der Waals surface area contributed by atoms with Gasteiger partial charge in [0.15, 0.2) is 0 Å². The van der Waals surface area contributed by atoms with Crippen LogP contribution in [0.5, 0.6) is 0 Å². The average molecular weight is 216 g/mol. The number of aryl methyl sites for hydroxylation is 1. The number of hydrogen-bond donors (Lipinski definition) is 0. The number of hydrogen-bond acceptors (Lipinski definition) is 1. The molecule has 1 saturated carbocycles. The Morgan fingerprint density at radius 2 is 2.25 bits per heavy atom. The lowest BCUT2D eigenvalue weighted by Gasteiger charge is -2.44. The van der Waals surface area contributed by atoms with E-state index in [1.54, 1.807) is 5.57 Å². The first-order valence-corrected chi connectivity index (χ1v) is 6.39. The SMILES string of the molecule is Cc1coc2c1CC1(C)C(=C2)CCCC1C. The highest BCUT2D eigenvalue weighted by molar-refractivity contribution is 5.59. The molecular formula is C15H20O. The largest absolute Gasteiger partial charge is 0.464 e. The van der Waals surface area contributed by atoms with Crippen molar-refractivity contribution in [2.45, 2.75) is 46.5 Å². The van der Waals surface area contributed by atoms with Crippen LogP contribution in [0.25, 0.3) is 6.08 Å². The van der Waals surface area contributed by atoms with Gasteiger partial charge in [-0.3, -0.25) is 0 Å². The van der Waals surface area contributed by atoms with Gasteiger partial charge in [0.2, 0.25) is 0 Å². The van der Waals surface area contributed by atoms with Crippen molar-refractivity contribution in [2.75, 3.05) is 0 Å². The quantitative estimate of drug-likeness (QED) is 0.628. The van der Waals surface area contributed by atoms with Crippen LogP contribution in [-0.4, -0.2) is 0 Å². The molecule has 1 heteroatoms. The first-order valence-electron chi connectivity index (χ1n) is 6.39. The van der Waals surface area contributed by atoms with E-state index in [9.17, 15) is 0 Å². The van der Waals surface area contributed by atoms with Crippen molar-refractivity contribution in [1.29, 1.82) is 0 Å². The molecule has 2 aliphatic rings. The predicted octanol–water partition coefficient (Wildman–Crippen LogP) is 4.35. The molecule has 3 rings (SSSR count). The summed E-state index contributed by atoms with van der Waals surface area (Å²) in [7, 11) is 0. The number of rotatable bonds is 0. The van der Waals surface area contributed by atoms with Gasteiger partial charge in [0.1, 0.15) is 5.76 Å². The van der Waals surface area contributed by atoms with Crippen LogP contribution in [0.4, 0.5) is 0 Å². The Hall–Kier alpha value is -0.980. The molecule has 0 spiro atoms. The molecule has 86 valence electrons. The fourth-order valence-electron chi connectivity index (χ4n) is 3.41. The van der Waals surface area contributed by atoms with Crippen LogP contribution in [-0.2, 0) is 6.42 Å². The van der Waals surface area contributed by atoms with Crippen LogP contribution >= 0.6 is 0 Å². The van der Waals surface area contributed by atoms with Gasteiger partial charge in [-0.1, -0.05) is 19.4 Å². The molecule has 1 fully saturated rings. The summed E-state index contributed by atoms with van der Waals surface area (Å²) in [5, 5.41) is 0. The smallest absolute Gasteiger partial charge is 0.130 e. The zero-order valence-corrected chi connectivity index (χ0v) is 10.5. The maximum Gasteiger partial charge on any atom is 0.130 e. The second-order valence-corrected chi connectivity index (χ2v) is 5.82. The van der Waals surface area contributed by atoms with Gasteiger partial charge in [-0.2, -0.15) is 0 Å². The van der Waals surface area contributed by atoms with Gasteiger partial charge in [-0.25, -0.2) is 0 Å². The van der Waals surface area contributed by atoms with E-state index in [1.807, 2.05) is 6.26 Å². The molecule has 1 aromatic rings. The summed E-state index contributed by atoms with van der Waals surface area (Å²) < 4.78 is 5.64. The van der Waals surface area contributed by atoms with Crippen LogP contribution in [0.15, 0.2) is 16.3 Å². The highest BCUT2D eigenvalue weighted by atomic mass is 16.3. The molecule has 0 bridgehead atoms. The molecule has 2 aliphatic carbocycles. The van der Waals surface area contributed by atoms with Gasteiger partial charge in [-0.05, 0) is 55.6 Å². The van der Waals surface area contributed by atoms with Crippen molar-refractivity contribution in [3.05, 3.63) is 28.7 Å². The van der Waals surface area contributed by atoms with Crippen molar-refractivity contribution in [2.24, 2.45) is 11.3 Å². The summed E-state index contributed by atoms with van der Waals surface area (Å²) in [5.74, 6) is 1.93. The third-order valence-electron chi connectivity index (χ3n) is 4.89. The van der Waals surface area contributed by atoms with Crippen LogP contribution < -0.4 is 0 Å². The minimum atomic E-state index is 0.389. The molecule has 16 heavy (non-hydrogen) atoms. The average Bonchev–Trinajstić information content (AvgIpc) is 2.59. The molecule has 1 nitrogen and oxygen atoms in total. The fourth-order valence-corrected chi connectivity index (χ4v) is 3.41. The Morgan fingerprint density at radius 1 is 1.44 bits per heavy atom. The van der Waals surface area contributed by atoms with Crippen LogP contribution in [0.3, 0.4) is 0 Å². The van der Waals surface area contributed by atoms with Gasteiger partial charge in [0.25, 0.3) is 0 Å². The van der Waals surface area contributed by atoms with E-state index in [0.717, 1.165) is 11.7 Å². The van der Waals surface area contributed by atoms with E-state index in [-0.39, 0.29) is 0 Å². The van der Waals surface area contributed by atoms with E-state index >= 15 is 0 Å². The Bertz CT molecular complexity index is 452. The molecule has 1 heterocycles. The molecule has 0 radical (unpaired) electrons. The second-order valence-electron chi connectivity index (χ2n) is 5.82. The van der Waals surface area contributed by atoms with Crippen LogP contribution in [0.1, 0.15) is 50.0 Å². The maximum atomic E-state index is 5.64. The summed E-state index contributed by atoms with van der Waals surface area (Å²) >= 11 is 0. The van der Waals surface area contributed by atoms with E-state index in [2.05, 4.69) is 26.8 Å². The van der Waals surface area contributed by atoms with Crippen LogP contribution in [0.2, 0.25) is 0 Å². The first-order chi connectivity index (χ1) is 7.61. The standard InChI is InChI=1S/C15H20O/c1-10-9-16-14-7-12-6-4-5-11(2)15(12,3)8-13(10)14/h7,9,11H,4-6,8H2,1-3H3. The van der Waals surface area contributed by atoms with Gasteiger partial charge in [-0.15, -0.1) is 0 Å². The van der Waals surface area contributed by atoms with Crippen molar-refractivity contribution in [3.8, 4) is 0 Å². The van der Waals surface area contributed by atoms with Gasteiger partial charge in [0, 0.05) is 5.56 Å². The summed E-state index contributed by atoms with van der Waals surface area (Å²) in [5.41, 5.74) is 4.78.